The van der Waals surface area contributed by atoms with Crippen LogP contribution in [0, 0.1) is 0 Å². The second-order valence-electron chi connectivity index (χ2n) is 4.45. The van der Waals surface area contributed by atoms with Gasteiger partial charge in [0.15, 0.2) is 0 Å². The number of hydrogen-bond acceptors (Lipinski definition) is 2. The Morgan fingerprint density at radius 1 is 1.12 bits per heavy atom. The molecule has 0 unspecified atom stereocenters. The molecular formula is C14H19N3. The molecule has 1 N–H and O–H groups in total. The maximum atomic E-state index is 4.32. The smallest absolute Gasteiger partial charge is 0.0525 e. The van der Waals surface area contributed by atoms with E-state index in [2.05, 4.69) is 59.3 Å². The van der Waals surface area contributed by atoms with Gasteiger partial charge in [0.1, 0.15) is 0 Å². The van der Waals surface area contributed by atoms with Crippen LogP contribution in [0.4, 0.5) is 0 Å². The lowest BCUT2D eigenvalue weighted by molar-refractivity contribution is 0.495. The average Bonchev–Trinajstić information content (AvgIpc) is 2.79. The summed E-state index contributed by atoms with van der Waals surface area (Å²) in [5, 5.41) is 7.76. The summed E-state index contributed by atoms with van der Waals surface area (Å²) in [5.41, 5.74) is 2.54. The molecule has 1 heterocycles. The van der Waals surface area contributed by atoms with Gasteiger partial charge in [-0.3, -0.25) is 4.68 Å². The summed E-state index contributed by atoms with van der Waals surface area (Å²) in [6.45, 7) is 6.04. The lowest BCUT2D eigenvalue weighted by atomic mass is 10.2. The molecule has 17 heavy (non-hydrogen) atoms. The molecule has 0 saturated heterocycles. The maximum Gasteiger partial charge on any atom is 0.0525 e. The van der Waals surface area contributed by atoms with Crippen LogP contribution in [-0.4, -0.2) is 9.78 Å². The molecular weight excluding hydrogens is 210 g/mol. The highest BCUT2D eigenvalue weighted by atomic mass is 15.3. The molecule has 3 nitrogen and oxygen atoms in total. The van der Waals surface area contributed by atoms with Gasteiger partial charge in [-0.15, -0.1) is 0 Å². The Morgan fingerprint density at radius 2 is 1.88 bits per heavy atom. The van der Waals surface area contributed by atoms with Crippen LogP contribution in [0.3, 0.4) is 0 Å². The zero-order valence-electron chi connectivity index (χ0n) is 10.4. The Hall–Kier alpha value is -1.61. The van der Waals surface area contributed by atoms with Crippen LogP contribution >= 0.6 is 0 Å². The fourth-order valence-electron chi connectivity index (χ4n) is 1.88. The summed E-state index contributed by atoms with van der Waals surface area (Å²) < 4.78 is 2.05. The summed E-state index contributed by atoms with van der Waals surface area (Å²) in [7, 11) is 0. The van der Waals surface area contributed by atoms with E-state index in [4.69, 9.17) is 0 Å². The van der Waals surface area contributed by atoms with E-state index in [0.717, 1.165) is 13.1 Å². The molecule has 0 aliphatic carbocycles. The van der Waals surface area contributed by atoms with Crippen molar-refractivity contribution in [1.29, 1.82) is 0 Å². The van der Waals surface area contributed by atoms with Crippen molar-refractivity contribution < 1.29 is 0 Å². The minimum Gasteiger partial charge on any atom is -0.307 e. The van der Waals surface area contributed by atoms with Gasteiger partial charge in [0.2, 0.25) is 0 Å². The summed E-state index contributed by atoms with van der Waals surface area (Å²) in [6, 6.07) is 12.9. The van der Waals surface area contributed by atoms with E-state index < -0.39 is 0 Å². The average molecular weight is 229 g/mol. The number of nitrogens with zero attached hydrogens (tertiary/aromatic N) is 2. The third-order valence-electron chi connectivity index (χ3n) is 2.72. The van der Waals surface area contributed by atoms with Gasteiger partial charge in [-0.1, -0.05) is 30.3 Å². The fourth-order valence-corrected chi connectivity index (χ4v) is 1.88. The molecule has 0 fully saturated rings. The topological polar surface area (TPSA) is 29.9 Å². The molecule has 3 heteroatoms. The van der Waals surface area contributed by atoms with Crippen LogP contribution in [-0.2, 0) is 13.1 Å². The van der Waals surface area contributed by atoms with Gasteiger partial charge in [0.25, 0.3) is 0 Å². The van der Waals surface area contributed by atoms with E-state index in [1.165, 1.54) is 11.3 Å². The van der Waals surface area contributed by atoms with E-state index in [0.29, 0.717) is 6.04 Å². The third-order valence-corrected chi connectivity index (χ3v) is 2.72. The molecule has 0 radical (unpaired) electrons. The van der Waals surface area contributed by atoms with E-state index in [9.17, 15) is 0 Å². The SMILES string of the molecule is CC(C)n1nccc1CNCc1ccccc1. The summed E-state index contributed by atoms with van der Waals surface area (Å²) in [5.74, 6) is 0. The highest BCUT2D eigenvalue weighted by molar-refractivity contribution is 5.14. The number of rotatable bonds is 5. The number of nitrogens with one attached hydrogen (secondary N) is 1. The van der Waals surface area contributed by atoms with E-state index in [-0.39, 0.29) is 0 Å². The fraction of sp³-hybridized carbons (Fsp3) is 0.357. The van der Waals surface area contributed by atoms with Crippen LogP contribution < -0.4 is 5.32 Å². The van der Waals surface area contributed by atoms with Crippen LogP contribution in [0.2, 0.25) is 0 Å². The molecule has 1 aromatic carbocycles. The second-order valence-corrected chi connectivity index (χ2v) is 4.45. The van der Waals surface area contributed by atoms with Gasteiger partial charge in [0.05, 0.1) is 5.69 Å². The predicted molar refractivity (Wildman–Crippen MR) is 69.6 cm³/mol. The molecule has 0 amide bonds. The lowest BCUT2D eigenvalue weighted by Gasteiger charge is -2.11. The number of benzene rings is 1. The van der Waals surface area contributed by atoms with Crippen LogP contribution in [0.5, 0.6) is 0 Å². The minimum atomic E-state index is 0.415. The van der Waals surface area contributed by atoms with E-state index >= 15 is 0 Å². The van der Waals surface area contributed by atoms with Gasteiger partial charge in [-0.2, -0.15) is 5.10 Å². The quantitative estimate of drug-likeness (QED) is 0.854. The van der Waals surface area contributed by atoms with Crippen molar-refractivity contribution in [2.24, 2.45) is 0 Å². The first-order valence-corrected chi connectivity index (χ1v) is 6.04. The molecule has 0 aliphatic rings. The second kappa shape index (κ2) is 5.64. The molecule has 0 bridgehead atoms. The van der Waals surface area contributed by atoms with Gasteiger partial charge < -0.3 is 5.32 Å². The summed E-state index contributed by atoms with van der Waals surface area (Å²) in [4.78, 5) is 0. The molecule has 2 aromatic rings. The number of hydrogen-bond donors (Lipinski definition) is 1. The first-order valence-electron chi connectivity index (χ1n) is 6.04. The van der Waals surface area contributed by atoms with Crippen LogP contribution in [0.25, 0.3) is 0 Å². The molecule has 1 aromatic heterocycles. The Balaban J connectivity index is 1.88. The van der Waals surface area contributed by atoms with Crippen molar-refractivity contribution in [3.8, 4) is 0 Å². The first-order chi connectivity index (χ1) is 8.27. The van der Waals surface area contributed by atoms with Crippen molar-refractivity contribution in [3.05, 3.63) is 53.9 Å². The van der Waals surface area contributed by atoms with E-state index in [1.54, 1.807) is 0 Å². The zero-order chi connectivity index (χ0) is 12.1. The number of aromatic nitrogens is 2. The molecule has 0 atom stereocenters. The highest BCUT2D eigenvalue weighted by Crippen LogP contribution is 2.07. The van der Waals surface area contributed by atoms with Crippen molar-refractivity contribution in [3.63, 3.8) is 0 Å². The summed E-state index contributed by atoms with van der Waals surface area (Å²) in [6.07, 6.45) is 1.86. The Labute approximate surface area is 102 Å². The highest BCUT2D eigenvalue weighted by Gasteiger charge is 2.04. The van der Waals surface area contributed by atoms with E-state index in [1.807, 2.05) is 12.3 Å². The normalized spacial score (nSPS) is 11.0. The summed E-state index contributed by atoms with van der Waals surface area (Å²) >= 11 is 0. The van der Waals surface area contributed by atoms with Crippen molar-refractivity contribution in [2.45, 2.75) is 33.0 Å². The van der Waals surface area contributed by atoms with Crippen molar-refractivity contribution in [1.82, 2.24) is 15.1 Å². The molecule has 90 valence electrons. The largest absolute Gasteiger partial charge is 0.307 e. The Kier molecular flexibility index (Phi) is 3.94. The molecule has 0 spiro atoms. The van der Waals surface area contributed by atoms with Crippen LogP contribution in [0.15, 0.2) is 42.6 Å². The molecule has 0 aliphatic heterocycles. The third kappa shape index (κ3) is 3.17. The monoisotopic (exact) mass is 229 g/mol. The first kappa shape index (κ1) is 11.9. The minimum absolute atomic E-state index is 0.415. The lowest BCUT2D eigenvalue weighted by Crippen LogP contribution is -2.17. The molecule has 0 saturated carbocycles. The predicted octanol–water partition coefficient (Wildman–Crippen LogP) is 2.75. The van der Waals surface area contributed by atoms with Gasteiger partial charge in [-0.25, -0.2) is 0 Å². The Bertz CT molecular complexity index is 446. The van der Waals surface area contributed by atoms with Crippen molar-refractivity contribution in [2.75, 3.05) is 0 Å². The van der Waals surface area contributed by atoms with Gasteiger partial charge >= 0.3 is 0 Å². The molecule has 2 rings (SSSR count). The maximum absolute atomic E-state index is 4.32. The van der Waals surface area contributed by atoms with Gasteiger partial charge in [-0.05, 0) is 25.5 Å². The standard InChI is InChI=1S/C14H19N3/c1-12(2)17-14(8-9-16-17)11-15-10-13-6-4-3-5-7-13/h3-9,12,15H,10-11H2,1-2H3. The van der Waals surface area contributed by atoms with Crippen LogP contribution in [0.1, 0.15) is 31.1 Å². The zero-order valence-corrected chi connectivity index (χ0v) is 10.4. The van der Waals surface area contributed by atoms with Crippen molar-refractivity contribution >= 4 is 0 Å². The Morgan fingerprint density at radius 3 is 2.59 bits per heavy atom. The van der Waals surface area contributed by atoms with Gasteiger partial charge in [0, 0.05) is 25.3 Å².